The maximum absolute atomic E-state index is 14.3. The molecule has 0 saturated carbocycles. The smallest absolute Gasteiger partial charge is 0.255 e. The summed E-state index contributed by atoms with van der Waals surface area (Å²) in [6.45, 7) is 0.601. The van der Waals surface area contributed by atoms with Crippen molar-refractivity contribution in [2.75, 3.05) is 18.0 Å². The van der Waals surface area contributed by atoms with E-state index in [-0.39, 0.29) is 18.5 Å². The molecule has 0 aliphatic carbocycles. The Bertz CT molecular complexity index is 1090. The van der Waals surface area contributed by atoms with E-state index in [9.17, 15) is 13.6 Å². The summed E-state index contributed by atoms with van der Waals surface area (Å²) in [6.07, 6.45) is 4.73. The van der Waals surface area contributed by atoms with Crippen LogP contribution in [-0.4, -0.2) is 28.6 Å². The van der Waals surface area contributed by atoms with Gasteiger partial charge in [-0.05, 0) is 43.2 Å². The van der Waals surface area contributed by atoms with E-state index in [1.807, 2.05) is 23.1 Å². The van der Waals surface area contributed by atoms with E-state index in [0.29, 0.717) is 29.6 Å². The Balaban J connectivity index is 1.71. The molecule has 1 aromatic carbocycles. The molecule has 28 heavy (non-hydrogen) atoms. The molecule has 142 valence electrons. The second-order valence-electron chi connectivity index (χ2n) is 6.63. The van der Waals surface area contributed by atoms with Gasteiger partial charge in [0.05, 0.1) is 29.4 Å². The highest BCUT2D eigenvalue weighted by Gasteiger charge is 2.29. The molecule has 6 nitrogen and oxygen atoms in total. The van der Waals surface area contributed by atoms with Crippen LogP contribution in [0.2, 0.25) is 0 Å². The van der Waals surface area contributed by atoms with Gasteiger partial charge in [0.15, 0.2) is 0 Å². The average Bonchev–Trinajstić information content (AvgIpc) is 3.34. The number of carbonyl (C=O) groups is 1. The molecule has 0 spiro atoms. The van der Waals surface area contributed by atoms with Crippen LogP contribution in [0, 0.1) is 23.0 Å². The van der Waals surface area contributed by atoms with Crippen LogP contribution in [0.25, 0.3) is 5.52 Å². The van der Waals surface area contributed by atoms with Crippen LogP contribution in [0.4, 0.5) is 14.5 Å². The molecular weight excluding hydrogens is 364 g/mol. The predicted octanol–water partition coefficient (Wildman–Crippen LogP) is 3.21. The molecular formula is C20H17F2N5O. The van der Waals surface area contributed by atoms with Crippen LogP contribution < -0.4 is 10.2 Å². The highest BCUT2D eigenvalue weighted by Crippen LogP contribution is 2.38. The minimum atomic E-state index is -0.467. The summed E-state index contributed by atoms with van der Waals surface area (Å²) in [5.41, 5.74) is 2.06. The summed E-state index contributed by atoms with van der Waals surface area (Å²) in [6, 6.07) is 8.75. The van der Waals surface area contributed by atoms with Crippen molar-refractivity contribution in [3.05, 3.63) is 65.5 Å². The molecule has 1 amide bonds. The Labute approximate surface area is 160 Å². The Morgan fingerprint density at radius 3 is 3.00 bits per heavy atom. The van der Waals surface area contributed by atoms with Gasteiger partial charge in [-0.25, -0.2) is 13.3 Å². The summed E-state index contributed by atoms with van der Waals surface area (Å²) in [7, 11) is 0. The third-order valence-corrected chi connectivity index (χ3v) is 4.98. The summed E-state index contributed by atoms with van der Waals surface area (Å²) >= 11 is 0. The van der Waals surface area contributed by atoms with E-state index in [1.54, 1.807) is 10.7 Å². The molecule has 1 atom stereocenters. The monoisotopic (exact) mass is 381 g/mol. The van der Waals surface area contributed by atoms with E-state index in [2.05, 4.69) is 10.4 Å². The number of nitrogens with zero attached hydrogens (tertiary/aromatic N) is 4. The molecule has 4 rings (SSSR count). The number of halogens is 2. The number of pyridine rings is 1. The lowest BCUT2D eigenvalue weighted by Gasteiger charge is -2.27. The maximum atomic E-state index is 14.3. The number of hydrogen-bond acceptors (Lipinski definition) is 4. The van der Waals surface area contributed by atoms with Gasteiger partial charge in [-0.3, -0.25) is 4.79 Å². The second kappa shape index (κ2) is 7.27. The fourth-order valence-electron chi connectivity index (χ4n) is 3.71. The molecule has 2 aromatic heterocycles. The molecule has 1 fully saturated rings. The van der Waals surface area contributed by atoms with Gasteiger partial charge in [0.25, 0.3) is 5.91 Å². The van der Waals surface area contributed by atoms with E-state index >= 15 is 0 Å². The number of anilines is 1. The third kappa shape index (κ3) is 3.16. The average molecular weight is 381 g/mol. The fourth-order valence-corrected chi connectivity index (χ4v) is 3.71. The molecule has 8 heteroatoms. The zero-order valence-electron chi connectivity index (χ0n) is 14.9. The number of rotatable bonds is 4. The number of benzene rings is 1. The molecule has 3 heterocycles. The summed E-state index contributed by atoms with van der Waals surface area (Å²) < 4.78 is 29.6. The topological polar surface area (TPSA) is 73.4 Å². The highest BCUT2D eigenvalue weighted by molar-refractivity contribution is 6.01. The van der Waals surface area contributed by atoms with Gasteiger partial charge in [-0.1, -0.05) is 0 Å². The zero-order chi connectivity index (χ0) is 19.7. The van der Waals surface area contributed by atoms with Crippen LogP contribution in [0.15, 0.2) is 42.7 Å². The van der Waals surface area contributed by atoms with Crippen molar-refractivity contribution in [3.63, 3.8) is 0 Å². The van der Waals surface area contributed by atoms with Gasteiger partial charge >= 0.3 is 0 Å². The lowest BCUT2D eigenvalue weighted by Crippen LogP contribution is -2.24. The Hall–Kier alpha value is -3.47. The van der Waals surface area contributed by atoms with Gasteiger partial charge in [0.1, 0.15) is 18.2 Å². The molecule has 0 bridgehead atoms. The SMILES string of the molecule is N#CCNC(=O)c1cnn2ccc(N3CCCC3c3cc(F)ccc3F)cc12. The van der Waals surface area contributed by atoms with Crippen LogP contribution in [0.3, 0.4) is 0 Å². The number of hydrogen-bond donors (Lipinski definition) is 1. The van der Waals surface area contributed by atoms with E-state index in [1.165, 1.54) is 12.3 Å². The first-order valence-corrected chi connectivity index (χ1v) is 8.92. The van der Waals surface area contributed by atoms with E-state index in [0.717, 1.165) is 24.2 Å². The molecule has 3 aromatic rings. The maximum Gasteiger partial charge on any atom is 0.255 e. The number of carbonyl (C=O) groups excluding carboxylic acids is 1. The number of fused-ring (bicyclic) bond motifs is 1. The van der Waals surface area contributed by atoms with E-state index in [4.69, 9.17) is 5.26 Å². The van der Waals surface area contributed by atoms with Gasteiger partial charge in [-0.2, -0.15) is 10.4 Å². The largest absolute Gasteiger partial charge is 0.364 e. The Morgan fingerprint density at radius 2 is 2.18 bits per heavy atom. The van der Waals surface area contributed by atoms with Crippen molar-refractivity contribution in [3.8, 4) is 6.07 Å². The lowest BCUT2D eigenvalue weighted by molar-refractivity contribution is 0.0960. The van der Waals surface area contributed by atoms with Gasteiger partial charge < -0.3 is 10.2 Å². The first-order chi connectivity index (χ1) is 13.6. The van der Waals surface area contributed by atoms with Gasteiger partial charge in [-0.15, -0.1) is 0 Å². The number of nitriles is 1. The number of aromatic nitrogens is 2. The van der Waals surface area contributed by atoms with Crippen LogP contribution in [-0.2, 0) is 0 Å². The first-order valence-electron chi connectivity index (χ1n) is 8.92. The molecule has 1 aliphatic heterocycles. The fraction of sp³-hybridized carbons (Fsp3) is 0.250. The molecule has 1 unspecified atom stereocenters. The van der Waals surface area contributed by atoms with Gasteiger partial charge in [0, 0.05) is 24.0 Å². The summed E-state index contributed by atoms with van der Waals surface area (Å²) in [5.74, 6) is -1.28. The van der Waals surface area contributed by atoms with Gasteiger partial charge in [0.2, 0.25) is 0 Å². The Morgan fingerprint density at radius 1 is 1.32 bits per heavy atom. The highest BCUT2D eigenvalue weighted by atomic mass is 19.1. The van der Waals surface area contributed by atoms with E-state index < -0.39 is 11.6 Å². The van der Waals surface area contributed by atoms with Crippen LogP contribution in [0.5, 0.6) is 0 Å². The van der Waals surface area contributed by atoms with Crippen molar-refractivity contribution >= 4 is 17.1 Å². The predicted molar refractivity (Wildman–Crippen MR) is 98.8 cm³/mol. The standard InChI is InChI=1S/C20H17F2N5O/c21-13-3-4-17(22)15(10-13)18-2-1-8-26(18)14-5-9-27-19(11-14)16(12-25-27)20(28)24-7-6-23/h3-5,9-12,18H,1-2,7-8H2,(H,24,28). The quantitative estimate of drug-likeness (QED) is 0.705. The lowest BCUT2D eigenvalue weighted by atomic mass is 10.0. The second-order valence-corrected chi connectivity index (χ2v) is 6.63. The Kier molecular flexibility index (Phi) is 4.65. The van der Waals surface area contributed by atoms with Crippen LogP contribution >= 0.6 is 0 Å². The van der Waals surface area contributed by atoms with Crippen molar-refractivity contribution in [1.29, 1.82) is 5.26 Å². The summed E-state index contributed by atoms with van der Waals surface area (Å²) in [4.78, 5) is 14.3. The van der Waals surface area contributed by atoms with Crippen molar-refractivity contribution in [2.45, 2.75) is 18.9 Å². The normalized spacial score (nSPS) is 16.3. The number of nitrogens with one attached hydrogen (secondary N) is 1. The van der Waals surface area contributed by atoms with Crippen molar-refractivity contribution < 1.29 is 13.6 Å². The minimum Gasteiger partial charge on any atom is -0.364 e. The first kappa shape index (κ1) is 17.9. The molecule has 1 saturated heterocycles. The zero-order valence-corrected chi connectivity index (χ0v) is 14.9. The number of amides is 1. The third-order valence-electron chi connectivity index (χ3n) is 4.98. The minimum absolute atomic E-state index is 0.0943. The van der Waals surface area contributed by atoms with Crippen molar-refractivity contribution in [2.24, 2.45) is 0 Å². The molecule has 1 N–H and O–H groups in total. The molecule has 0 radical (unpaired) electrons. The molecule has 1 aliphatic rings. The van der Waals surface area contributed by atoms with Crippen LogP contribution in [0.1, 0.15) is 34.8 Å². The van der Waals surface area contributed by atoms with Crippen molar-refractivity contribution in [1.82, 2.24) is 14.9 Å². The summed E-state index contributed by atoms with van der Waals surface area (Å²) in [5, 5.41) is 15.3.